The number of carboxylic acids is 1. The van der Waals surface area contributed by atoms with Crippen LogP contribution in [0, 0.1) is 5.92 Å². The van der Waals surface area contributed by atoms with Crippen molar-refractivity contribution in [3.63, 3.8) is 0 Å². The number of esters is 1. The molecule has 0 aromatic carbocycles. The van der Waals surface area contributed by atoms with Crippen molar-refractivity contribution in [3.8, 4) is 0 Å². The summed E-state index contributed by atoms with van der Waals surface area (Å²) in [6.45, 7) is 6.88. The maximum atomic E-state index is 11.4. The third-order valence-corrected chi connectivity index (χ3v) is 1.73. The minimum atomic E-state index is -1.11. The minimum absolute atomic E-state index is 0.0875. The monoisotopic (exact) mass is 217 g/mol. The molecule has 2 unspecified atom stereocenters. The molecule has 0 saturated carbocycles. The fraction of sp³-hybridized carbons (Fsp3) is 0.800. The normalized spacial score (nSPS) is 15.5. The first kappa shape index (κ1) is 13.9. The molecule has 0 aliphatic carbocycles. The number of nitrogens with two attached hydrogens (primary N) is 1. The molecule has 0 radical (unpaired) electrons. The first-order valence-corrected chi connectivity index (χ1v) is 4.84. The molecule has 0 rings (SSSR count). The van der Waals surface area contributed by atoms with Crippen LogP contribution in [0.4, 0.5) is 0 Å². The molecular formula is C10H19NO4. The van der Waals surface area contributed by atoms with Gasteiger partial charge in [0.2, 0.25) is 0 Å². The molecule has 0 spiro atoms. The van der Waals surface area contributed by atoms with E-state index in [1.807, 2.05) is 0 Å². The lowest BCUT2D eigenvalue weighted by atomic mass is 10.0. The predicted molar refractivity (Wildman–Crippen MR) is 55.2 cm³/mol. The van der Waals surface area contributed by atoms with Crippen LogP contribution < -0.4 is 5.73 Å². The lowest BCUT2D eigenvalue weighted by Gasteiger charge is -2.22. The molecule has 5 nitrogen and oxygen atoms in total. The molecule has 0 aromatic heterocycles. The van der Waals surface area contributed by atoms with Crippen molar-refractivity contribution in [3.05, 3.63) is 0 Å². The second-order valence-electron chi connectivity index (χ2n) is 4.61. The Morgan fingerprint density at radius 2 is 1.87 bits per heavy atom. The number of hydrogen-bond donors (Lipinski definition) is 2. The number of carbonyl (C=O) groups is 2. The van der Waals surface area contributed by atoms with E-state index in [1.165, 1.54) is 0 Å². The third kappa shape index (κ3) is 6.06. The van der Waals surface area contributed by atoms with E-state index in [9.17, 15) is 9.59 Å². The van der Waals surface area contributed by atoms with Crippen molar-refractivity contribution in [1.82, 2.24) is 0 Å². The minimum Gasteiger partial charge on any atom is -0.480 e. The van der Waals surface area contributed by atoms with Crippen LogP contribution in [0.25, 0.3) is 0 Å². The zero-order chi connectivity index (χ0) is 12.2. The number of carboxylic acid groups (broad SMARTS) is 1. The van der Waals surface area contributed by atoms with Crippen LogP contribution >= 0.6 is 0 Å². The van der Waals surface area contributed by atoms with Gasteiger partial charge in [0.15, 0.2) is 0 Å². The smallest absolute Gasteiger partial charge is 0.320 e. The summed E-state index contributed by atoms with van der Waals surface area (Å²) < 4.78 is 5.09. The van der Waals surface area contributed by atoms with Gasteiger partial charge >= 0.3 is 11.9 Å². The Kier molecular flexibility index (Phi) is 4.74. The van der Waals surface area contributed by atoms with E-state index in [-0.39, 0.29) is 6.42 Å². The van der Waals surface area contributed by atoms with Crippen molar-refractivity contribution in [2.45, 2.75) is 45.8 Å². The summed E-state index contributed by atoms with van der Waals surface area (Å²) >= 11 is 0. The molecular weight excluding hydrogens is 198 g/mol. The average Bonchev–Trinajstić information content (AvgIpc) is 2.00. The average molecular weight is 217 g/mol. The predicted octanol–water partition coefficient (Wildman–Crippen LogP) is 0.766. The van der Waals surface area contributed by atoms with E-state index in [1.54, 1.807) is 27.7 Å². The molecule has 0 aliphatic heterocycles. The topological polar surface area (TPSA) is 89.6 Å². The van der Waals surface area contributed by atoms with E-state index in [4.69, 9.17) is 15.6 Å². The van der Waals surface area contributed by atoms with Crippen LogP contribution in [0.1, 0.15) is 34.1 Å². The maximum Gasteiger partial charge on any atom is 0.320 e. The summed E-state index contributed by atoms with van der Waals surface area (Å²) in [4.78, 5) is 21.9. The Balaban J connectivity index is 4.17. The molecule has 2 atom stereocenters. The highest BCUT2D eigenvalue weighted by atomic mass is 16.6. The van der Waals surface area contributed by atoms with Gasteiger partial charge in [-0.1, -0.05) is 6.92 Å². The Morgan fingerprint density at radius 1 is 1.40 bits per heavy atom. The molecule has 88 valence electrons. The lowest BCUT2D eigenvalue weighted by molar-refractivity contribution is -0.159. The molecule has 0 fully saturated rings. The van der Waals surface area contributed by atoms with Crippen LogP contribution in [-0.4, -0.2) is 28.7 Å². The summed E-state index contributed by atoms with van der Waals surface area (Å²) in [6, 6.07) is -1.02. The second kappa shape index (κ2) is 5.11. The van der Waals surface area contributed by atoms with Crippen molar-refractivity contribution in [1.29, 1.82) is 0 Å². The van der Waals surface area contributed by atoms with Gasteiger partial charge in [0.1, 0.15) is 11.6 Å². The van der Waals surface area contributed by atoms with Gasteiger partial charge in [0.05, 0.1) is 5.92 Å². The largest absolute Gasteiger partial charge is 0.480 e. The van der Waals surface area contributed by atoms with Gasteiger partial charge in [-0.15, -0.1) is 0 Å². The van der Waals surface area contributed by atoms with Crippen molar-refractivity contribution in [2.24, 2.45) is 11.7 Å². The number of rotatable bonds is 4. The molecule has 0 heterocycles. The third-order valence-electron chi connectivity index (χ3n) is 1.73. The second-order valence-corrected chi connectivity index (χ2v) is 4.61. The van der Waals surface area contributed by atoms with Crippen LogP contribution in [-0.2, 0) is 14.3 Å². The van der Waals surface area contributed by atoms with Gasteiger partial charge in [0, 0.05) is 0 Å². The van der Waals surface area contributed by atoms with Gasteiger partial charge in [-0.3, -0.25) is 9.59 Å². The molecule has 0 bridgehead atoms. The summed E-state index contributed by atoms with van der Waals surface area (Å²) in [5, 5.41) is 8.57. The van der Waals surface area contributed by atoms with Crippen LogP contribution in [0.15, 0.2) is 0 Å². The molecule has 0 amide bonds. The van der Waals surface area contributed by atoms with Gasteiger partial charge in [-0.05, 0) is 27.2 Å². The van der Waals surface area contributed by atoms with E-state index in [0.29, 0.717) is 0 Å². The van der Waals surface area contributed by atoms with Gasteiger partial charge in [0.25, 0.3) is 0 Å². The zero-order valence-corrected chi connectivity index (χ0v) is 9.61. The molecule has 0 aliphatic rings. The molecule has 0 saturated heterocycles. The quantitative estimate of drug-likeness (QED) is 0.679. The Labute approximate surface area is 89.6 Å². The molecule has 0 aromatic rings. The van der Waals surface area contributed by atoms with Crippen LogP contribution in [0.5, 0.6) is 0 Å². The SMILES string of the molecule is CC(CC(N)C(=O)O)C(=O)OC(C)(C)C. The lowest BCUT2D eigenvalue weighted by Crippen LogP contribution is -2.35. The van der Waals surface area contributed by atoms with E-state index in [2.05, 4.69) is 0 Å². The van der Waals surface area contributed by atoms with Gasteiger partial charge in [-0.25, -0.2) is 0 Å². The number of carbonyl (C=O) groups excluding carboxylic acids is 1. The summed E-state index contributed by atoms with van der Waals surface area (Å²) in [6.07, 6.45) is 0.0875. The highest BCUT2D eigenvalue weighted by Gasteiger charge is 2.25. The van der Waals surface area contributed by atoms with Gasteiger partial charge in [-0.2, -0.15) is 0 Å². The Morgan fingerprint density at radius 3 is 2.20 bits per heavy atom. The summed E-state index contributed by atoms with van der Waals surface area (Å²) in [7, 11) is 0. The van der Waals surface area contributed by atoms with E-state index >= 15 is 0 Å². The fourth-order valence-electron chi connectivity index (χ4n) is 0.980. The summed E-state index contributed by atoms with van der Waals surface area (Å²) in [5.41, 5.74) is 4.75. The standard InChI is InChI=1S/C10H19NO4/c1-6(5-7(11)8(12)13)9(14)15-10(2,3)4/h6-7H,5,11H2,1-4H3,(H,12,13). The Hall–Kier alpha value is -1.10. The highest BCUT2D eigenvalue weighted by Crippen LogP contribution is 2.14. The van der Waals surface area contributed by atoms with Crippen LogP contribution in [0.2, 0.25) is 0 Å². The van der Waals surface area contributed by atoms with E-state index in [0.717, 1.165) is 0 Å². The maximum absolute atomic E-state index is 11.4. The molecule has 5 heteroatoms. The van der Waals surface area contributed by atoms with Gasteiger partial charge < -0.3 is 15.6 Å². The van der Waals surface area contributed by atoms with Crippen molar-refractivity contribution < 1.29 is 19.4 Å². The first-order valence-electron chi connectivity index (χ1n) is 4.84. The Bertz CT molecular complexity index is 244. The number of hydrogen-bond acceptors (Lipinski definition) is 4. The van der Waals surface area contributed by atoms with E-state index < -0.39 is 29.5 Å². The highest BCUT2D eigenvalue weighted by molar-refractivity contribution is 5.76. The van der Waals surface area contributed by atoms with Crippen molar-refractivity contribution in [2.75, 3.05) is 0 Å². The first-order chi connectivity index (χ1) is 6.63. The van der Waals surface area contributed by atoms with Crippen molar-refractivity contribution >= 4 is 11.9 Å². The summed E-state index contributed by atoms with van der Waals surface area (Å²) in [5.74, 6) is -2.03. The molecule has 15 heavy (non-hydrogen) atoms. The number of ether oxygens (including phenoxy) is 1. The molecule has 3 N–H and O–H groups in total. The number of aliphatic carboxylic acids is 1. The fourth-order valence-corrected chi connectivity index (χ4v) is 0.980. The van der Waals surface area contributed by atoms with Crippen LogP contribution in [0.3, 0.4) is 0 Å². The zero-order valence-electron chi connectivity index (χ0n) is 9.61.